The molecule has 0 amide bonds. The number of benzene rings is 1. The van der Waals surface area contributed by atoms with Gasteiger partial charge < -0.3 is 14.2 Å². The number of cyclic esters (lactones) is 1. The second-order valence-electron chi connectivity index (χ2n) is 5.90. The van der Waals surface area contributed by atoms with Gasteiger partial charge in [-0.05, 0) is 49.8 Å². The van der Waals surface area contributed by atoms with Crippen molar-refractivity contribution < 1.29 is 19.0 Å². The maximum atomic E-state index is 12.1. The molecular formula is C19H16Cl2N2O4. The molecule has 2 aromatic rings. The normalized spacial score (nSPS) is 15.1. The van der Waals surface area contributed by atoms with E-state index in [9.17, 15) is 4.79 Å². The molecule has 0 N–H and O–H groups in total. The second-order valence-corrected chi connectivity index (χ2v) is 6.74. The molecule has 0 radical (unpaired) electrons. The molecule has 0 fully saturated rings. The van der Waals surface area contributed by atoms with Crippen LogP contribution in [0.2, 0.25) is 10.0 Å². The Bertz CT molecular complexity index is 955. The summed E-state index contributed by atoms with van der Waals surface area (Å²) in [6.07, 6.45) is 2.99. The molecule has 8 heteroatoms. The van der Waals surface area contributed by atoms with Gasteiger partial charge in [-0.2, -0.15) is 0 Å². The predicted molar refractivity (Wildman–Crippen MR) is 104 cm³/mol. The van der Waals surface area contributed by atoms with Gasteiger partial charge in [-0.1, -0.05) is 23.2 Å². The van der Waals surface area contributed by atoms with Crippen molar-refractivity contribution in [2.24, 2.45) is 4.99 Å². The van der Waals surface area contributed by atoms with Gasteiger partial charge in [-0.25, -0.2) is 9.79 Å². The highest BCUT2D eigenvalue weighted by Crippen LogP contribution is 2.38. The molecule has 27 heavy (non-hydrogen) atoms. The summed E-state index contributed by atoms with van der Waals surface area (Å²) >= 11 is 12.2. The van der Waals surface area contributed by atoms with Gasteiger partial charge in [-0.3, -0.25) is 4.98 Å². The van der Waals surface area contributed by atoms with Crippen molar-refractivity contribution >= 4 is 41.1 Å². The summed E-state index contributed by atoms with van der Waals surface area (Å²) in [7, 11) is 1.51. The van der Waals surface area contributed by atoms with Crippen LogP contribution in [-0.4, -0.2) is 30.1 Å². The standard InChI is InChI=1S/C19H16Cl2N2O4/c1-10(2)26-17-13(21)6-11(8-16(17)25-3)7-15-19(24)27-18(23-15)14-9-12(20)4-5-22-14/h4-10H,1-3H3/b15-7-. The number of carbonyl (C=O) groups is 1. The van der Waals surface area contributed by atoms with Crippen molar-refractivity contribution in [1.29, 1.82) is 0 Å². The first-order valence-electron chi connectivity index (χ1n) is 8.06. The van der Waals surface area contributed by atoms with Crippen LogP contribution in [0, 0.1) is 0 Å². The summed E-state index contributed by atoms with van der Waals surface area (Å²) in [4.78, 5) is 20.4. The second kappa shape index (κ2) is 7.98. The van der Waals surface area contributed by atoms with Gasteiger partial charge in [-0.15, -0.1) is 0 Å². The third-order valence-corrected chi connectivity index (χ3v) is 3.99. The minimum atomic E-state index is -0.593. The fourth-order valence-electron chi connectivity index (χ4n) is 2.37. The molecular weight excluding hydrogens is 391 g/mol. The van der Waals surface area contributed by atoms with Crippen molar-refractivity contribution in [3.63, 3.8) is 0 Å². The topological polar surface area (TPSA) is 70.0 Å². The molecule has 0 aliphatic carbocycles. The van der Waals surface area contributed by atoms with Gasteiger partial charge in [0.25, 0.3) is 0 Å². The van der Waals surface area contributed by atoms with E-state index in [0.717, 1.165) is 0 Å². The summed E-state index contributed by atoms with van der Waals surface area (Å²) in [6, 6.07) is 6.55. The lowest BCUT2D eigenvalue weighted by Gasteiger charge is -2.15. The number of esters is 1. The lowest BCUT2D eigenvalue weighted by molar-refractivity contribution is -0.129. The highest BCUT2D eigenvalue weighted by molar-refractivity contribution is 6.32. The van der Waals surface area contributed by atoms with E-state index in [1.165, 1.54) is 13.3 Å². The smallest absolute Gasteiger partial charge is 0.363 e. The van der Waals surface area contributed by atoms with E-state index in [2.05, 4.69) is 9.98 Å². The Hall–Kier alpha value is -2.57. The molecule has 0 spiro atoms. The highest BCUT2D eigenvalue weighted by Gasteiger charge is 2.25. The monoisotopic (exact) mass is 406 g/mol. The minimum absolute atomic E-state index is 0.0669. The van der Waals surface area contributed by atoms with Gasteiger partial charge in [0.1, 0.15) is 5.69 Å². The number of ether oxygens (including phenoxy) is 3. The van der Waals surface area contributed by atoms with Crippen LogP contribution >= 0.6 is 23.2 Å². The van der Waals surface area contributed by atoms with Crippen molar-refractivity contribution in [3.05, 3.63) is 57.5 Å². The van der Waals surface area contributed by atoms with Crippen LogP contribution in [0.5, 0.6) is 11.5 Å². The highest BCUT2D eigenvalue weighted by atomic mass is 35.5. The molecule has 1 aliphatic rings. The molecule has 1 aromatic heterocycles. The number of hydrogen-bond acceptors (Lipinski definition) is 6. The Morgan fingerprint density at radius 3 is 2.67 bits per heavy atom. The van der Waals surface area contributed by atoms with Gasteiger partial charge in [0, 0.05) is 11.2 Å². The fraction of sp³-hybridized carbons (Fsp3) is 0.211. The van der Waals surface area contributed by atoms with Gasteiger partial charge in [0.05, 0.1) is 18.2 Å². The Morgan fingerprint density at radius 1 is 1.22 bits per heavy atom. The van der Waals surface area contributed by atoms with Crippen LogP contribution in [0.1, 0.15) is 25.1 Å². The summed E-state index contributed by atoms with van der Waals surface area (Å²) < 4.78 is 16.2. The fourth-order valence-corrected chi connectivity index (χ4v) is 2.79. The molecule has 6 nitrogen and oxygen atoms in total. The van der Waals surface area contributed by atoms with Crippen LogP contribution in [0.3, 0.4) is 0 Å². The zero-order valence-electron chi connectivity index (χ0n) is 14.8. The number of aromatic nitrogens is 1. The van der Waals surface area contributed by atoms with Gasteiger partial charge >= 0.3 is 5.97 Å². The molecule has 0 atom stereocenters. The van der Waals surface area contributed by atoms with Crippen molar-refractivity contribution in [1.82, 2.24) is 4.98 Å². The predicted octanol–water partition coefficient (Wildman–Crippen LogP) is 4.53. The van der Waals surface area contributed by atoms with Crippen LogP contribution in [0.15, 0.2) is 41.2 Å². The van der Waals surface area contributed by atoms with Gasteiger partial charge in [0.15, 0.2) is 17.2 Å². The zero-order valence-corrected chi connectivity index (χ0v) is 16.3. The lowest BCUT2D eigenvalue weighted by atomic mass is 10.1. The molecule has 1 aromatic carbocycles. The molecule has 3 rings (SSSR count). The summed E-state index contributed by atoms with van der Waals surface area (Å²) in [5, 5.41) is 0.829. The third kappa shape index (κ3) is 4.40. The van der Waals surface area contributed by atoms with E-state index < -0.39 is 5.97 Å². The van der Waals surface area contributed by atoms with E-state index in [0.29, 0.717) is 32.8 Å². The number of pyridine rings is 1. The molecule has 0 saturated carbocycles. The Labute approximate surface area is 166 Å². The first-order chi connectivity index (χ1) is 12.9. The Kier molecular flexibility index (Phi) is 5.68. The van der Waals surface area contributed by atoms with E-state index in [1.807, 2.05) is 13.8 Å². The summed E-state index contributed by atoms with van der Waals surface area (Å²) in [5.41, 5.74) is 1.10. The van der Waals surface area contributed by atoms with E-state index >= 15 is 0 Å². The first kappa shape index (κ1) is 19.2. The summed E-state index contributed by atoms with van der Waals surface area (Å²) in [5.74, 6) is 0.392. The van der Waals surface area contributed by atoms with Crippen molar-refractivity contribution in [2.75, 3.05) is 7.11 Å². The van der Waals surface area contributed by atoms with Crippen molar-refractivity contribution in [3.8, 4) is 11.5 Å². The number of halogens is 2. The van der Waals surface area contributed by atoms with E-state index in [-0.39, 0.29) is 17.7 Å². The van der Waals surface area contributed by atoms with Crippen molar-refractivity contribution in [2.45, 2.75) is 20.0 Å². The first-order valence-corrected chi connectivity index (χ1v) is 8.81. The number of aliphatic imine (C=N–C) groups is 1. The SMILES string of the molecule is COc1cc(/C=C2\N=C(c3cc(Cl)ccn3)OC2=O)cc(Cl)c1OC(C)C. The lowest BCUT2D eigenvalue weighted by Crippen LogP contribution is -2.07. The Morgan fingerprint density at radius 2 is 2.00 bits per heavy atom. The number of carbonyl (C=O) groups excluding carboxylic acids is 1. The van der Waals surface area contributed by atoms with Crippen LogP contribution < -0.4 is 9.47 Å². The summed E-state index contributed by atoms with van der Waals surface area (Å²) in [6.45, 7) is 3.78. The quantitative estimate of drug-likeness (QED) is 0.538. The molecule has 0 unspecified atom stereocenters. The zero-order chi connectivity index (χ0) is 19.6. The van der Waals surface area contributed by atoms with Crippen LogP contribution in [0.25, 0.3) is 6.08 Å². The molecule has 2 heterocycles. The minimum Gasteiger partial charge on any atom is -0.493 e. The number of hydrogen-bond donors (Lipinski definition) is 0. The molecule has 0 saturated heterocycles. The van der Waals surface area contributed by atoms with Gasteiger partial charge in [0.2, 0.25) is 5.90 Å². The third-order valence-electron chi connectivity index (χ3n) is 3.47. The van der Waals surface area contributed by atoms with E-state index in [4.69, 9.17) is 37.4 Å². The van der Waals surface area contributed by atoms with Crippen LogP contribution in [0.4, 0.5) is 0 Å². The number of nitrogens with zero attached hydrogens (tertiary/aromatic N) is 2. The number of rotatable bonds is 5. The Balaban J connectivity index is 1.96. The average Bonchev–Trinajstić information content (AvgIpc) is 2.97. The largest absolute Gasteiger partial charge is 0.493 e. The molecule has 140 valence electrons. The van der Waals surface area contributed by atoms with E-state index in [1.54, 1.807) is 30.3 Å². The average molecular weight is 407 g/mol. The number of methoxy groups -OCH3 is 1. The maximum Gasteiger partial charge on any atom is 0.363 e. The molecule has 1 aliphatic heterocycles. The maximum absolute atomic E-state index is 12.1. The van der Waals surface area contributed by atoms with Crippen LogP contribution in [-0.2, 0) is 9.53 Å². The molecule has 0 bridgehead atoms.